The van der Waals surface area contributed by atoms with Crippen molar-refractivity contribution in [2.75, 3.05) is 6.54 Å². The van der Waals surface area contributed by atoms with Gasteiger partial charge in [0, 0.05) is 18.0 Å². The van der Waals surface area contributed by atoms with Crippen molar-refractivity contribution < 1.29 is 23.1 Å². The van der Waals surface area contributed by atoms with Gasteiger partial charge in [-0.3, -0.25) is 4.79 Å². The van der Waals surface area contributed by atoms with Crippen LogP contribution in [0.15, 0.2) is 57.7 Å². The summed E-state index contributed by atoms with van der Waals surface area (Å²) in [6, 6.07) is 11.0. The number of hydrogen-bond acceptors (Lipinski definition) is 5. The third-order valence-electron chi connectivity index (χ3n) is 3.89. The van der Waals surface area contributed by atoms with Gasteiger partial charge in [0.25, 0.3) is 5.91 Å². The second kappa shape index (κ2) is 8.04. The third kappa shape index (κ3) is 4.43. The van der Waals surface area contributed by atoms with E-state index in [4.69, 9.17) is 9.15 Å². The summed E-state index contributed by atoms with van der Waals surface area (Å²) in [5, 5.41) is 3.17. The van der Waals surface area contributed by atoms with Crippen LogP contribution in [-0.2, 0) is 0 Å². The van der Waals surface area contributed by atoms with Crippen molar-refractivity contribution in [2.45, 2.75) is 13.8 Å². The van der Waals surface area contributed by atoms with E-state index in [2.05, 4.69) is 5.32 Å². The van der Waals surface area contributed by atoms with Gasteiger partial charge in [-0.25, -0.2) is 14.0 Å². The van der Waals surface area contributed by atoms with Crippen LogP contribution in [0.1, 0.15) is 34.6 Å². The quantitative estimate of drug-likeness (QED) is 0.414. The molecule has 1 aromatic heterocycles. The first-order chi connectivity index (χ1) is 13.3. The van der Waals surface area contributed by atoms with Crippen LogP contribution in [-0.4, -0.2) is 18.4 Å². The predicted octanol–water partition coefficient (Wildman–Crippen LogP) is 3.54. The number of carbonyl (C=O) groups is 2. The molecule has 1 amide bonds. The second-order valence-electron chi connectivity index (χ2n) is 6.65. The molecule has 0 saturated carbocycles. The van der Waals surface area contributed by atoms with Gasteiger partial charge < -0.3 is 14.5 Å². The molecule has 1 heterocycles. The summed E-state index contributed by atoms with van der Waals surface area (Å²) in [6.45, 7) is 4.32. The fourth-order valence-corrected chi connectivity index (χ4v) is 2.49. The monoisotopic (exact) mass is 383 g/mol. The van der Waals surface area contributed by atoms with Gasteiger partial charge in [-0.1, -0.05) is 19.9 Å². The molecule has 0 aliphatic carbocycles. The number of fused-ring (bicyclic) bond motifs is 1. The summed E-state index contributed by atoms with van der Waals surface area (Å²) >= 11 is 0. The van der Waals surface area contributed by atoms with Crippen molar-refractivity contribution in [3.05, 3.63) is 75.9 Å². The lowest BCUT2D eigenvalue weighted by Gasteiger charge is -2.08. The topological polar surface area (TPSA) is 85.6 Å². The highest BCUT2D eigenvalue weighted by atomic mass is 19.1. The van der Waals surface area contributed by atoms with Crippen molar-refractivity contribution in [2.24, 2.45) is 5.92 Å². The highest BCUT2D eigenvalue weighted by Crippen LogP contribution is 2.21. The lowest BCUT2D eigenvalue weighted by Crippen LogP contribution is -2.31. The molecule has 6 nitrogen and oxygen atoms in total. The average molecular weight is 383 g/mol. The Kier molecular flexibility index (Phi) is 5.54. The predicted molar refractivity (Wildman–Crippen MR) is 101 cm³/mol. The van der Waals surface area contributed by atoms with E-state index in [9.17, 15) is 18.8 Å². The maximum Gasteiger partial charge on any atom is 0.349 e. The maximum absolute atomic E-state index is 13.2. The molecule has 0 unspecified atom stereocenters. The number of nitrogens with one attached hydrogen (secondary N) is 1. The number of halogens is 1. The summed E-state index contributed by atoms with van der Waals surface area (Å²) in [7, 11) is 0. The Morgan fingerprint density at radius 1 is 1.14 bits per heavy atom. The summed E-state index contributed by atoms with van der Waals surface area (Å²) < 4.78 is 23.6. The van der Waals surface area contributed by atoms with Crippen LogP contribution in [0.4, 0.5) is 4.39 Å². The molecule has 0 fully saturated rings. The lowest BCUT2D eigenvalue weighted by molar-refractivity contribution is 0.0734. The molecule has 28 heavy (non-hydrogen) atoms. The fourth-order valence-electron chi connectivity index (χ4n) is 2.49. The molecule has 0 aliphatic heterocycles. The van der Waals surface area contributed by atoms with Crippen LogP contribution < -0.4 is 15.7 Å². The average Bonchev–Trinajstić information content (AvgIpc) is 2.65. The van der Waals surface area contributed by atoms with Gasteiger partial charge in [-0.2, -0.15) is 0 Å². The molecule has 3 rings (SSSR count). The van der Waals surface area contributed by atoms with Gasteiger partial charge >= 0.3 is 11.6 Å². The smallest absolute Gasteiger partial charge is 0.349 e. The zero-order chi connectivity index (χ0) is 20.3. The first-order valence-electron chi connectivity index (χ1n) is 8.67. The summed E-state index contributed by atoms with van der Waals surface area (Å²) in [5.41, 5.74) is -0.673. The highest BCUT2D eigenvalue weighted by Gasteiger charge is 2.15. The number of ether oxygens (including phenoxy) is 1. The fraction of sp³-hybridized carbons (Fsp3) is 0.190. The molecule has 0 spiro atoms. The van der Waals surface area contributed by atoms with E-state index in [1.807, 2.05) is 13.8 Å². The molecule has 7 heteroatoms. The minimum absolute atomic E-state index is 0.0544. The number of esters is 1. The van der Waals surface area contributed by atoms with E-state index in [1.165, 1.54) is 36.4 Å². The molecule has 1 N–H and O–H groups in total. The van der Waals surface area contributed by atoms with Gasteiger partial charge in [0.2, 0.25) is 0 Å². The first kappa shape index (κ1) is 19.3. The highest BCUT2D eigenvalue weighted by molar-refractivity contribution is 5.97. The molecule has 0 radical (unpaired) electrons. The Bertz CT molecular complexity index is 1100. The zero-order valence-electron chi connectivity index (χ0n) is 15.3. The van der Waals surface area contributed by atoms with Crippen LogP contribution in [0.2, 0.25) is 0 Å². The Morgan fingerprint density at radius 3 is 2.64 bits per heavy atom. The summed E-state index contributed by atoms with van der Waals surface area (Å²) in [6.07, 6.45) is 0. The molecule has 0 saturated heterocycles. The van der Waals surface area contributed by atoms with Crippen molar-refractivity contribution in [1.82, 2.24) is 5.32 Å². The standard InChI is InChI=1S/C21H18FNO5/c1-12(2)11-23-19(24)17-9-13-6-7-16(10-18(13)28-21(17)26)27-20(25)14-4-3-5-15(22)8-14/h3-10,12H,11H2,1-2H3,(H,23,24). The van der Waals surface area contributed by atoms with Gasteiger partial charge in [-0.05, 0) is 42.3 Å². The van der Waals surface area contributed by atoms with Crippen LogP contribution in [0.3, 0.4) is 0 Å². The molecule has 3 aromatic rings. The molecule has 0 bridgehead atoms. The van der Waals surface area contributed by atoms with Crippen LogP contribution in [0.5, 0.6) is 5.75 Å². The SMILES string of the molecule is CC(C)CNC(=O)c1cc2ccc(OC(=O)c3cccc(F)c3)cc2oc1=O. The van der Waals surface area contributed by atoms with E-state index in [0.717, 1.165) is 6.07 Å². The Balaban J connectivity index is 1.84. The number of rotatable bonds is 5. The van der Waals surface area contributed by atoms with Gasteiger partial charge in [0.1, 0.15) is 22.7 Å². The van der Waals surface area contributed by atoms with Gasteiger partial charge in [-0.15, -0.1) is 0 Å². The minimum atomic E-state index is -0.789. The molecule has 144 valence electrons. The molecular formula is C21H18FNO5. The zero-order valence-corrected chi connectivity index (χ0v) is 15.3. The van der Waals surface area contributed by atoms with E-state index in [0.29, 0.717) is 11.9 Å². The second-order valence-corrected chi connectivity index (χ2v) is 6.65. The number of amides is 1. The minimum Gasteiger partial charge on any atom is -0.423 e. The van der Waals surface area contributed by atoms with Gasteiger partial charge in [0.15, 0.2) is 0 Å². The number of hydrogen-bond donors (Lipinski definition) is 1. The van der Waals surface area contributed by atoms with Crippen molar-refractivity contribution in [3.8, 4) is 5.75 Å². The number of carbonyl (C=O) groups excluding carboxylic acids is 2. The van der Waals surface area contributed by atoms with E-state index in [-0.39, 0.29) is 28.4 Å². The summed E-state index contributed by atoms with van der Waals surface area (Å²) in [4.78, 5) is 36.4. The van der Waals surface area contributed by atoms with E-state index < -0.39 is 23.3 Å². The molecule has 0 atom stereocenters. The third-order valence-corrected chi connectivity index (χ3v) is 3.89. The van der Waals surface area contributed by atoms with E-state index in [1.54, 1.807) is 6.07 Å². The number of benzene rings is 2. The van der Waals surface area contributed by atoms with Crippen molar-refractivity contribution in [3.63, 3.8) is 0 Å². The Hall–Kier alpha value is -3.48. The molecule has 2 aromatic carbocycles. The molecular weight excluding hydrogens is 365 g/mol. The van der Waals surface area contributed by atoms with E-state index >= 15 is 0 Å². The largest absolute Gasteiger partial charge is 0.423 e. The first-order valence-corrected chi connectivity index (χ1v) is 8.67. The van der Waals surface area contributed by atoms with Crippen LogP contribution >= 0.6 is 0 Å². The lowest BCUT2D eigenvalue weighted by atomic mass is 10.1. The van der Waals surface area contributed by atoms with Crippen LogP contribution in [0.25, 0.3) is 11.0 Å². The molecule has 0 aliphatic rings. The Morgan fingerprint density at radius 2 is 1.93 bits per heavy atom. The van der Waals surface area contributed by atoms with Crippen molar-refractivity contribution >= 4 is 22.8 Å². The summed E-state index contributed by atoms with van der Waals surface area (Å²) in [5.74, 6) is -1.44. The maximum atomic E-state index is 13.2. The Labute approximate surface area is 159 Å². The van der Waals surface area contributed by atoms with Gasteiger partial charge in [0.05, 0.1) is 5.56 Å². The van der Waals surface area contributed by atoms with Crippen molar-refractivity contribution in [1.29, 1.82) is 0 Å². The normalized spacial score (nSPS) is 10.9. The van der Waals surface area contributed by atoms with Crippen LogP contribution in [0, 0.1) is 11.7 Å².